The van der Waals surface area contributed by atoms with Crippen molar-refractivity contribution in [3.05, 3.63) is 60.0 Å². The van der Waals surface area contributed by atoms with Crippen molar-refractivity contribution in [1.82, 2.24) is 9.88 Å². The second kappa shape index (κ2) is 6.75. The number of carbonyl (C=O) groups excluding carboxylic acids is 1. The number of hydrogen-bond donors (Lipinski definition) is 1. The maximum atomic E-state index is 12.9. The van der Waals surface area contributed by atoms with Crippen molar-refractivity contribution in [1.29, 1.82) is 0 Å². The highest BCUT2D eigenvalue weighted by atomic mass is 19.1. The zero-order valence-electron chi connectivity index (χ0n) is 12.7. The summed E-state index contributed by atoms with van der Waals surface area (Å²) in [7, 11) is 0. The van der Waals surface area contributed by atoms with E-state index < -0.39 is 6.04 Å². The van der Waals surface area contributed by atoms with Gasteiger partial charge in [0.15, 0.2) is 0 Å². The Labute approximate surface area is 134 Å². The number of nitrogens with two attached hydrogens (primary N) is 1. The molecule has 2 heterocycles. The van der Waals surface area contributed by atoms with Crippen LogP contribution >= 0.6 is 0 Å². The van der Waals surface area contributed by atoms with Crippen molar-refractivity contribution in [2.45, 2.75) is 6.04 Å². The molecule has 0 saturated carbocycles. The summed E-state index contributed by atoms with van der Waals surface area (Å²) in [6, 6.07) is 11.8. The molecule has 1 aliphatic heterocycles. The maximum absolute atomic E-state index is 12.9. The van der Waals surface area contributed by atoms with Crippen molar-refractivity contribution in [3.8, 4) is 0 Å². The third-order valence-electron chi connectivity index (χ3n) is 4.05. The average Bonchev–Trinajstić information content (AvgIpc) is 2.62. The Morgan fingerprint density at radius 1 is 1.09 bits per heavy atom. The van der Waals surface area contributed by atoms with Crippen LogP contribution in [0, 0.1) is 5.82 Å². The second-order valence-electron chi connectivity index (χ2n) is 5.54. The van der Waals surface area contributed by atoms with Gasteiger partial charge in [-0.05, 0) is 17.7 Å². The van der Waals surface area contributed by atoms with Crippen LogP contribution in [0.1, 0.15) is 11.6 Å². The van der Waals surface area contributed by atoms with Crippen LogP contribution in [0.25, 0.3) is 0 Å². The summed E-state index contributed by atoms with van der Waals surface area (Å²) in [4.78, 5) is 20.4. The molecule has 2 aromatic rings. The Bertz CT molecular complexity index is 654. The molecule has 1 aromatic heterocycles. The van der Waals surface area contributed by atoms with E-state index in [1.807, 2.05) is 35.2 Å². The van der Waals surface area contributed by atoms with Gasteiger partial charge in [-0.1, -0.05) is 30.3 Å². The fourth-order valence-electron chi connectivity index (χ4n) is 2.71. The minimum absolute atomic E-state index is 0.0667. The number of carbonyl (C=O) groups is 1. The quantitative estimate of drug-likeness (QED) is 0.934. The number of hydrogen-bond acceptors (Lipinski definition) is 4. The van der Waals surface area contributed by atoms with Gasteiger partial charge in [0.2, 0.25) is 5.91 Å². The molecular formula is C17H19FN4O. The van der Waals surface area contributed by atoms with Crippen molar-refractivity contribution >= 4 is 11.7 Å². The van der Waals surface area contributed by atoms with Gasteiger partial charge >= 0.3 is 0 Å². The predicted octanol–water partition coefficient (Wildman–Crippen LogP) is 1.57. The molecule has 23 heavy (non-hydrogen) atoms. The van der Waals surface area contributed by atoms with Gasteiger partial charge in [-0.25, -0.2) is 9.37 Å². The Balaban J connectivity index is 1.60. The summed E-state index contributed by atoms with van der Waals surface area (Å²) < 4.78 is 12.9. The summed E-state index contributed by atoms with van der Waals surface area (Å²) in [6.07, 6.45) is 1.21. The van der Waals surface area contributed by atoms with Gasteiger partial charge in [0.1, 0.15) is 17.7 Å². The number of amides is 1. The molecule has 1 fully saturated rings. The molecule has 1 amide bonds. The molecule has 6 heteroatoms. The lowest BCUT2D eigenvalue weighted by Gasteiger charge is -2.36. The van der Waals surface area contributed by atoms with E-state index in [-0.39, 0.29) is 11.7 Å². The monoisotopic (exact) mass is 314 g/mol. The number of anilines is 1. The summed E-state index contributed by atoms with van der Waals surface area (Å²) in [6.45, 7) is 2.48. The van der Waals surface area contributed by atoms with Crippen molar-refractivity contribution < 1.29 is 9.18 Å². The van der Waals surface area contributed by atoms with Crippen molar-refractivity contribution in [2.75, 3.05) is 31.1 Å². The average molecular weight is 314 g/mol. The highest BCUT2D eigenvalue weighted by molar-refractivity contribution is 5.83. The first-order chi connectivity index (χ1) is 11.1. The lowest BCUT2D eigenvalue weighted by molar-refractivity contribution is -0.133. The van der Waals surface area contributed by atoms with Gasteiger partial charge in [0.25, 0.3) is 0 Å². The number of rotatable bonds is 3. The van der Waals surface area contributed by atoms with Crippen LogP contribution in [-0.2, 0) is 4.79 Å². The molecule has 0 bridgehead atoms. The van der Waals surface area contributed by atoms with Crippen LogP contribution in [0.5, 0.6) is 0 Å². The number of piperazine rings is 1. The number of halogens is 1. The fraction of sp³-hybridized carbons (Fsp3) is 0.294. The number of benzene rings is 1. The first kappa shape index (κ1) is 15.4. The van der Waals surface area contributed by atoms with E-state index in [4.69, 9.17) is 5.73 Å². The maximum Gasteiger partial charge on any atom is 0.244 e. The number of aromatic nitrogens is 1. The second-order valence-corrected chi connectivity index (χ2v) is 5.54. The smallest absolute Gasteiger partial charge is 0.244 e. The summed E-state index contributed by atoms with van der Waals surface area (Å²) in [5, 5.41) is 0. The molecule has 1 atom stereocenters. The molecule has 5 nitrogen and oxygen atoms in total. The molecule has 3 rings (SSSR count). The van der Waals surface area contributed by atoms with Crippen LogP contribution in [-0.4, -0.2) is 42.0 Å². The fourth-order valence-corrected chi connectivity index (χ4v) is 2.71. The molecule has 0 radical (unpaired) electrons. The molecule has 2 N–H and O–H groups in total. The largest absolute Gasteiger partial charge is 0.353 e. The van der Waals surface area contributed by atoms with Gasteiger partial charge in [-0.2, -0.15) is 0 Å². The van der Waals surface area contributed by atoms with Gasteiger partial charge in [0, 0.05) is 26.2 Å². The predicted molar refractivity (Wildman–Crippen MR) is 86.4 cm³/mol. The third kappa shape index (κ3) is 3.48. The van der Waals surface area contributed by atoms with E-state index in [0.717, 1.165) is 11.4 Å². The van der Waals surface area contributed by atoms with Crippen LogP contribution < -0.4 is 10.6 Å². The first-order valence-electron chi connectivity index (χ1n) is 7.61. The molecule has 120 valence electrons. The lowest BCUT2D eigenvalue weighted by atomic mass is 10.1. The Morgan fingerprint density at radius 3 is 2.39 bits per heavy atom. The first-order valence-corrected chi connectivity index (χ1v) is 7.61. The van der Waals surface area contributed by atoms with E-state index in [1.54, 1.807) is 11.0 Å². The van der Waals surface area contributed by atoms with E-state index in [2.05, 4.69) is 4.98 Å². The van der Waals surface area contributed by atoms with Gasteiger partial charge in [-0.3, -0.25) is 4.79 Å². The summed E-state index contributed by atoms with van der Waals surface area (Å²) in [5.41, 5.74) is 6.89. The minimum Gasteiger partial charge on any atom is -0.353 e. The summed E-state index contributed by atoms with van der Waals surface area (Å²) >= 11 is 0. The van der Waals surface area contributed by atoms with E-state index >= 15 is 0 Å². The highest BCUT2D eigenvalue weighted by Gasteiger charge is 2.26. The third-order valence-corrected chi connectivity index (χ3v) is 4.05. The molecular weight excluding hydrogens is 295 g/mol. The standard InChI is InChI=1S/C17H19FN4O/c18-14-6-7-15(20-12-14)21-8-10-22(11-9-21)17(23)16(19)13-4-2-1-3-5-13/h1-7,12,16H,8-11,19H2/t16-/m0/s1. The Kier molecular flexibility index (Phi) is 4.52. The van der Waals surface area contributed by atoms with Crippen LogP contribution in [0.3, 0.4) is 0 Å². The highest BCUT2D eigenvalue weighted by Crippen LogP contribution is 2.17. The molecule has 1 aliphatic rings. The van der Waals surface area contributed by atoms with Crippen LogP contribution in [0.2, 0.25) is 0 Å². The molecule has 0 unspecified atom stereocenters. The Morgan fingerprint density at radius 2 is 1.78 bits per heavy atom. The van der Waals surface area contributed by atoms with Gasteiger partial charge in [-0.15, -0.1) is 0 Å². The summed E-state index contributed by atoms with van der Waals surface area (Å²) in [5.74, 6) is 0.310. The van der Waals surface area contributed by atoms with E-state index in [0.29, 0.717) is 26.2 Å². The van der Waals surface area contributed by atoms with Crippen LogP contribution in [0.4, 0.5) is 10.2 Å². The lowest BCUT2D eigenvalue weighted by Crippen LogP contribution is -2.51. The molecule has 0 spiro atoms. The van der Waals surface area contributed by atoms with E-state index in [9.17, 15) is 9.18 Å². The number of pyridine rings is 1. The molecule has 1 aromatic carbocycles. The van der Waals surface area contributed by atoms with Gasteiger partial charge < -0.3 is 15.5 Å². The van der Waals surface area contributed by atoms with Crippen LogP contribution in [0.15, 0.2) is 48.7 Å². The Hall–Kier alpha value is -2.47. The van der Waals surface area contributed by atoms with Gasteiger partial charge in [0.05, 0.1) is 6.20 Å². The SMILES string of the molecule is N[C@H](C(=O)N1CCN(c2ccc(F)cn2)CC1)c1ccccc1. The van der Waals surface area contributed by atoms with Crippen molar-refractivity contribution in [3.63, 3.8) is 0 Å². The molecule has 1 saturated heterocycles. The minimum atomic E-state index is -0.633. The normalized spacial score (nSPS) is 16.3. The molecule has 0 aliphatic carbocycles. The zero-order valence-corrected chi connectivity index (χ0v) is 12.7. The topological polar surface area (TPSA) is 62.5 Å². The zero-order chi connectivity index (χ0) is 16.2. The van der Waals surface area contributed by atoms with Crippen molar-refractivity contribution in [2.24, 2.45) is 5.73 Å². The van der Waals surface area contributed by atoms with E-state index in [1.165, 1.54) is 12.3 Å². The number of nitrogens with zero attached hydrogens (tertiary/aromatic N) is 3.